The maximum atomic E-state index is 13.2. The van der Waals surface area contributed by atoms with E-state index in [1.54, 1.807) is 14.0 Å². The molecule has 0 aliphatic carbocycles. The third-order valence-electron chi connectivity index (χ3n) is 17.4. The van der Waals surface area contributed by atoms with Crippen molar-refractivity contribution in [3.8, 4) is 0 Å². The van der Waals surface area contributed by atoms with Crippen molar-refractivity contribution in [2.45, 2.75) is 251 Å². The fourth-order valence-corrected chi connectivity index (χ4v) is 10.3. The second-order valence-electron chi connectivity index (χ2n) is 21.4. The van der Waals surface area contributed by atoms with Crippen molar-refractivity contribution in [3.05, 3.63) is 0 Å². The molecule has 0 spiro atoms. The molecule has 5 fully saturated rings. The quantitative estimate of drug-likeness (QED) is 0.229. The molecular weight excluding hydrogens is 864 g/mol. The maximum absolute atomic E-state index is 13.2. The lowest BCUT2D eigenvalue weighted by Crippen LogP contribution is -2.48. The molecule has 5 aliphatic heterocycles. The van der Waals surface area contributed by atoms with Crippen LogP contribution in [0.4, 0.5) is 13.2 Å². The van der Waals surface area contributed by atoms with E-state index in [4.69, 9.17) is 28.4 Å². The lowest BCUT2D eigenvalue weighted by molar-refractivity contribution is -0.209. The molecule has 10 nitrogen and oxygen atoms in total. The standard InChI is InChI=1S/C14H25NO4.C11H22O.2C10H19FO.C9H17FO2/c1-8-9(2)14(11(4)18-10(8)3)19-13(17)7-6-12(16)15-5;1-6-11-9(4)7(2)8(3)10(5)12-11;2*1-5-9-7(3)6(2)8(4)10(11)12-9;1-4-7-5(2)8(11)6(3)9(10)12-7/h8-11,14H,6-7H2,1-5H3,(H,15,16);7-11H,6H2,1-5H3;2*6-10H,5H2,1-4H3;5-9,11H,4H2,1-3H3. The van der Waals surface area contributed by atoms with Gasteiger partial charge in [-0.05, 0) is 93.8 Å². The molecule has 5 saturated heterocycles. The molecule has 398 valence electrons. The van der Waals surface area contributed by atoms with Gasteiger partial charge in [0, 0.05) is 43.1 Å². The number of ether oxygens (including phenoxy) is 6. The number of amides is 1. The molecule has 25 unspecified atom stereocenters. The fraction of sp³-hybridized carbons (Fsp3) is 0.963. The number of hydrogen-bond acceptors (Lipinski definition) is 9. The normalized spacial score (nSPS) is 45.1. The van der Waals surface area contributed by atoms with Gasteiger partial charge in [0.15, 0.2) is 0 Å². The van der Waals surface area contributed by atoms with Gasteiger partial charge in [-0.2, -0.15) is 0 Å². The molecular formula is C54H102F3NO9. The summed E-state index contributed by atoms with van der Waals surface area (Å²) in [7, 11) is 1.55. The zero-order valence-electron chi connectivity index (χ0n) is 46.0. The van der Waals surface area contributed by atoms with E-state index in [0.29, 0.717) is 47.7 Å². The Morgan fingerprint density at radius 2 is 0.776 bits per heavy atom. The van der Waals surface area contributed by atoms with Gasteiger partial charge < -0.3 is 38.8 Å². The molecule has 0 saturated carbocycles. The highest BCUT2D eigenvalue weighted by Gasteiger charge is 2.42. The van der Waals surface area contributed by atoms with Crippen molar-refractivity contribution >= 4 is 11.9 Å². The van der Waals surface area contributed by atoms with Gasteiger partial charge in [0.2, 0.25) is 25.0 Å². The number of rotatable bonds is 8. The smallest absolute Gasteiger partial charge is 0.306 e. The van der Waals surface area contributed by atoms with Gasteiger partial charge in [-0.3, -0.25) is 9.59 Å². The molecule has 0 bridgehead atoms. The zero-order valence-corrected chi connectivity index (χ0v) is 46.0. The highest BCUT2D eigenvalue weighted by Crippen LogP contribution is 2.39. The fourth-order valence-electron chi connectivity index (χ4n) is 10.3. The van der Waals surface area contributed by atoms with Crippen LogP contribution in [0.15, 0.2) is 0 Å². The van der Waals surface area contributed by atoms with Gasteiger partial charge in [0.1, 0.15) is 6.10 Å². The van der Waals surface area contributed by atoms with Crippen molar-refractivity contribution < 1.29 is 56.3 Å². The Morgan fingerprint density at radius 1 is 0.433 bits per heavy atom. The highest BCUT2D eigenvalue weighted by atomic mass is 19.2. The Bertz CT molecular complexity index is 1230. The number of hydrogen-bond donors (Lipinski definition) is 2. The van der Waals surface area contributed by atoms with E-state index >= 15 is 0 Å². The molecule has 5 aliphatic rings. The van der Waals surface area contributed by atoms with Crippen LogP contribution in [0.5, 0.6) is 0 Å². The molecule has 0 aromatic rings. The van der Waals surface area contributed by atoms with Crippen LogP contribution >= 0.6 is 0 Å². The Hall–Kier alpha value is -1.51. The van der Waals surface area contributed by atoms with E-state index in [2.05, 4.69) is 95.3 Å². The summed E-state index contributed by atoms with van der Waals surface area (Å²) in [6.07, 6.45) is 0.903. The van der Waals surface area contributed by atoms with Gasteiger partial charge in [0.25, 0.3) is 0 Å². The summed E-state index contributed by atoms with van der Waals surface area (Å²) in [5, 5.41) is 12.1. The summed E-state index contributed by atoms with van der Waals surface area (Å²) < 4.78 is 72.3. The molecule has 67 heavy (non-hydrogen) atoms. The number of halogens is 3. The SMILES string of the molecule is CCC1OC(C)C(C)C(C)C1C.CCC1OC(F)C(C)C(C)C1C.CCC1OC(F)C(C)C(C)C1C.CCC1OC(F)C(C)C(O)C1C.CNC(=O)CCC(=O)OC1C(C)OC(C)C(C)C1C. The summed E-state index contributed by atoms with van der Waals surface area (Å²) in [6.45, 7) is 41.6. The van der Waals surface area contributed by atoms with Crippen LogP contribution in [-0.2, 0) is 38.0 Å². The van der Waals surface area contributed by atoms with E-state index < -0.39 is 31.1 Å². The largest absolute Gasteiger partial charge is 0.459 e. The Kier molecular flexibility index (Phi) is 28.8. The molecule has 5 heterocycles. The van der Waals surface area contributed by atoms with Crippen molar-refractivity contribution in [2.75, 3.05) is 7.05 Å². The van der Waals surface area contributed by atoms with Crippen LogP contribution in [0.3, 0.4) is 0 Å². The molecule has 2 N–H and O–H groups in total. The van der Waals surface area contributed by atoms with Crippen LogP contribution in [-0.4, -0.2) is 98.0 Å². The number of carbonyl (C=O) groups is 2. The first-order valence-corrected chi connectivity index (χ1v) is 26.4. The predicted octanol–water partition coefficient (Wildman–Crippen LogP) is 12.3. The molecule has 25 atom stereocenters. The first-order valence-electron chi connectivity index (χ1n) is 26.4. The van der Waals surface area contributed by atoms with Gasteiger partial charge in [-0.25, -0.2) is 13.2 Å². The van der Waals surface area contributed by atoms with E-state index in [1.165, 1.54) is 0 Å². The van der Waals surface area contributed by atoms with Gasteiger partial charge in [-0.15, -0.1) is 0 Å². The predicted molar refractivity (Wildman–Crippen MR) is 263 cm³/mol. The molecule has 5 rings (SSSR count). The van der Waals surface area contributed by atoms with Crippen molar-refractivity contribution in [2.24, 2.45) is 76.9 Å². The summed E-state index contributed by atoms with van der Waals surface area (Å²) in [5.74, 6) is 3.90. The number of aliphatic hydroxyl groups excluding tert-OH is 1. The lowest BCUT2D eigenvalue weighted by atomic mass is 9.76. The van der Waals surface area contributed by atoms with E-state index in [9.17, 15) is 27.9 Å². The van der Waals surface area contributed by atoms with E-state index in [0.717, 1.165) is 37.5 Å². The Labute approximate surface area is 407 Å². The third-order valence-corrected chi connectivity index (χ3v) is 17.4. The monoisotopic (exact) mass is 966 g/mol. The summed E-state index contributed by atoms with van der Waals surface area (Å²) >= 11 is 0. The summed E-state index contributed by atoms with van der Waals surface area (Å²) in [6, 6.07) is 0. The van der Waals surface area contributed by atoms with Crippen molar-refractivity contribution in [1.82, 2.24) is 5.32 Å². The molecule has 0 radical (unpaired) electrons. The number of nitrogens with one attached hydrogen (secondary N) is 1. The highest BCUT2D eigenvalue weighted by molar-refractivity contribution is 5.81. The zero-order chi connectivity index (χ0) is 51.8. The molecule has 0 aromatic carbocycles. The Balaban J connectivity index is 0.000000425. The van der Waals surface area contributed by atoms with Gasteiger partial charge in [-0.1, -0.05) is 118 Å². The Morgan fingerprint density at radius 3 is 1.18 bits per heavy atom. The minimum atomic E-state index is -1.30. The summed E-state index contributed by atoms with van der Waals surface area (Å²) in [4.78, 5) is 22.8. The molecule has 0 aromatic heterocycles. The van der Waals surface area contributed by atoms with Crippen molar-refractivity contribution in [1.29, 1.82) is 0 Å². The minimum absolute atomic E-state index is 0.0389. The van der Waals surface area contributed by atoms with Gasteiger partial charge >= 0.3 is 5.97 Å². The number of alkyl halides is 3. The average molecular weight is 966 g/mol. The first kappa shape index (κ1) is 63.5. The van der Waals surface area contributed by atoms with Crippen LogP contribution in [0, 0.1) is 76.9 Å². The van der Waals surface area contributed by atoms with Crippen LogP contribution in [0.1, 0.15) is 177 Å². The topological polar surface area (TPSA) is 122 Å². The number of carbonyl (C=O) groups excluding carboxylic acids is 2. The second-order valence-corrected chi connectivity index (χ2v) is 21.4. The van der Waals surface area contributed by atoms with Crippen LogP contribution in [0.2, 0.25) is 0 Å². The average Bonchev–Trinajstić information content (AvgIpc) is 3.31. The molecule has 13 heteroatoms. The number of esters is 1. The minimum Gasteiger partial charge on any atom is -0.459 e. The molecule has 1 amide bonds. The lowest BCUT2D eigenvalue weighted by Gasteiger charge is -2.42. The first-order chi connectivity index (χ1) is 31.2. The van der Waals surface area contributed by atoms with E-state index in [1.807, 2.05) is 41.5 Å². The van der Waals surface area contributed by atoms with Gasteiger partial charge in [0.05, 0.1) is 55.3 Å². The maximum Gasteiger partial charge on any atom is 0.306 e. The van der Waals surface area contributed by atoms with Crippen LogP contribution in [0.25, 0.3) is 0 Å². The van der Waals surface area contributed by atoms with Crippen molar-refractivity contribution in [3.63, 3.8) is 0 Å². The van der Waals surface area contributed by atoms with Crippen LogP contribution < -0.4 is 5.32 Å². The van der Waals surface area contributed by atoms with E-state index in [-0.39, 0.29) is 85.0 Å². The summed E-state index contributed by atoms with van der Waals surface area (Å²) in [5.41, 5.74) is 0. The third kappa shape index (κ3) is 18.2. The number of aliphatic hydroxyl groups is 1. The second kappa shape index (κ2) is 30.4.